The van der Waals surface area contributed by atoms with E-state index in [0.717, 1.165) is 63.1 Å². The van der Waals surface area contributed by atoms with Crippen LogP contribution in [0.25, 0.3) is 29.5 Å². The molecule has 4 heterocycles. The molecule has 0 aliphatic carbocycles. The van der Waals surface area contributed by atoms with Gasteiger partial charge in [-0.2, -0.15) is 0 Å². The van der Waals surface area contributed by atoms with Gasteiger partial charge in [0.1, 0.15) is 11.1 Å². The number of allylic oxidation sites excluding steroid dienone is 4. The maximum Gasteiger partial charge on any atom is 0.358 e. The molecule has 2 aromatic heterocycles. The molecule has 0 unspecified atom stereocenters. The molecule has 5 rings (SSSR count). The van der Waals surface area contributed by atoms with Crippen LogP contribution in [0.15, 0.2) is 60.1 Å². The number of thiazole rings is 1. The molecule has 0 bridgehead atoms. The number of dihydropyridines is 1. The summed E-state index contributed by atoms with van der Waals surface area (Å²) in [5, 5.41) is 11.1. The average Bonchev–Trinajstić information content (AvgIpc) is 3.61. The van der Waals surface area contributed by atoms with E-state index in [1.165, 1.54) is 16.9 Å². The Labute approximate surface area is 220 Å². The van der Waals surface area contributed by atoms with E-state index in [4.69, 9.17) is 9.72 Å². The molecule has 2 aliphatic heterocycles. The molecule has 0 amide bonds. The molecule has 0 radical (unpaired) electrons. The first kappa shape index (κ1) is 24.9. The smallest absolute Gasteiger partial charge is 0.358 e. The second-order valence-electron chi connectivity index (χ2n) is 9.13. The van der Waals surface area contributed by atoms with E-state index in [9.17, 15) is 4.79 Å². The maximum absolute atomic E-state index is 12.6. The first-order valence-corrected chi connectivity index (χ1v) is 13.3. The second kappa shape index (κ2) is 11.1. The number of esters is 1. The van der Waals surface area contributed by atoms with Gasteiger partial charge in [-0.1, -0.05) is 36.9 Å². The van der Waals surface area contributed by atoms with Crippen LogP contribution in [0.3, 0.4) is 0 Å². The highest BCUT2D eigenvalue weighted by atomic mass is 32.1. The van der Waals surface area contributed by atoms with Gasteiger partial charge in [-0.25, -0.2) is 9.78 Å². The number of benzene rings is 1. The summed E-state index contributed by atoms with van der Waals surface area (Å²) in [5.74, 6) is -0.367. The zero-order valence-corrected chi connectivity index (χ0v) is 21.9. The third-order valence-corrected chi connectivity index (χ3v) is 7.37. The van der Waals surface area contributed by atoms with Crippen LogP contribution in [0.2, 0.25) is 0 Å². The maximum atomic E-state index is 12.6. The van der Waals surface area contributed by atoms with Crippen molar-refractivity contribution in [2.24, 2.45) is 0 Å². The number of aromatic nitrogens is 2. The Morgan fingerprint density at radius 2 is 2.14 bits per heavy atom. The molecule has 1 fully saturated rings. The molecule has 37 heavy (non-hydrogen) atoms. The minimum absolute atomic E-state index is 0.0832. The Morgan fingerprint density at radius 1 is 1.24 bits per heavy atom. The molecule has 1 atom stereocenters. The molecule has 2 N–H and O–H groups in total. The normalized spacial score (nSPS) is 18.3. The Kier molecular flexibility index (Phi) is 7.44. The zero-order valence-electron chi connectivity index (χ0n) is 21.1. The Morgan fingerprint density at radius 3 is 2.92 bits per heavy atom. The van der Waals surface area contributed by atoms with Gasteiger partial charge in [0.05, 0.1) is 11.4 Å². The summed E-state index contributed by atoms with van der Waals surface area (Å²) in [6.07, 6.45) is 9.73. The summed E-state index contributed by atoms with van der Waals surface area (Å²) >= 11 is 1.44. The van der Waals surface area contributed by atoms with Crippen LogP contribution in [0.5, 0.6) is 0 Å². The standard InChI is InChI=1S/C30H30N4O2S/c1-4-21(29-34-27(18-37-29)30(35)36-24-12-14-31-17-24)15-23-16-22(11-10-19(23)2)25-8-6-13-32-28(25)26-9-5-7-20(3)33-26/h4-7,9-11,13,15-16,18,24,31-32H,2,8,12,14,17H2,1,3H3/b21-4+,23-15-/t24-/m0/s1. The van der Waals surface area contributed by atoms with Gasteiger partial charge in [-0.05, 0) is 85.3 Å². The predicted octanol–water partition coefficient (Wildman–Crippen LogP) is 4.03. The van der Waals surface area contributed by atoms with E-state index in [1.54, 1.807) is 5.38 Å². The molecule has 0 spiro atoms. The molecule has 188 valence electrons. The van der Waals surface area contributed by atoms with Crippen molar-refractivity contribution in [3.05, 3.63) is 98.2 Å². The molecule has 1 aromatic carbocycles. The number of pyridine rings is 1. The fourth-order valence-corrected chi connectivity index (χ4v) is 5.31. The van der Waals surface area contributed by atoms with Gasteiger partial charge in [0, 0.05) is 23.2 Å². The predicted molar refractivity (Wildman–Crippen MR) is 151 cm³/mol. The Bertz CT molecular complexity index is 1530. The van der Waals surface area contributed by atoms with Crippen LogP contribution in [0.1, 0.15) is 52.2 Å². The largest absolute Gasteiger partial charge is 0.456 e. The SMILES string of the molecule is C=c1ccc(C2=C(c3cccc(C)n3)NC=CC2)c/c1=C/C(=C\C)c1nc(C(=O)O[C@H]2CCNC2)cs1. The van der Waals surface area contributed by atoms with Crippen molar-refractivity contribution in [1.82, 2.24) is 20.6 Å². The minimum atomic E-state index is -0.367. The number of nitrogens with zero attached hydrogens (tertiary/aromatic N) is 2. The van der Waals surface area contributed by atoms with Crippen LogP contribution < -0.4 is 21.1 Å². The number of hydrogen-bond donors (Lipinski definition) is 2. The van der Waals surface area contributed by atoms with E-state index in [1.807, 2.05) is 50.4 Å². The third kappa shape index (κ3) is 5.63. The lowest BCUT2D eigenvalue weighted by atomic mass is 9.95. The van der Waals surface area contributed by atoms with Gasteiger partial charge >= 0.3 is 5.97 Å². The molecule has 6 nitrogen and oxygen atoms in total. The molecule has 3 aromatic rings. The van der Waals surface area contributed by atoms with Crippen molar-refractivity contribution >= 4 is 46.8 Å². The lowest BCUT2D eigenvalue weighted by Crippen LogP contribution is -2.24. The fourth-order valence-electron chi connectivity index (χ4n) is 4.47. The van der Waals surface area contributed by atoms with Crippen LogP contribution in [0, 0.1) is 6.92 Å². The summed E-state index contributed by atoms with van der Waals surface area (Å²) in [6, 6.07) is 12.4. The number of rotatable bonds is 6. The highest BCUT2D eigenvalue weighted by Gasteiger charge is 2.22. The topological polar surface area (TPSA) is 76.1 Å². The number of aryl methyl sites for hydroxylation is 1. The van der Waals surface area contributed by atoms with E-state index in [2.05, 4.69) is 46.5 Å². The molecule has 1 saturated heterocycles. The van der Waals surface area contributed by atoms with Gasteiger partial charge in [-0.3, -0.25) is 4.98 Å². The number of carbonyl (C=O) groups excluding carboxylic acids is 1. The van der Waals surface area contributed by atoms with Crippen molar-refractivity contribution < 1.29 is 9.53 Å². The second-order valence-corrected chi connectivity index (χ2v) is 9.99. The molecular weight excluding hydrogens is 480 g/mol. The summed E-state index contributed by atoms with van der Waals surface area (Å²) in [4.78, 5) is 21.9. The highest BCUT2D eigenvalue weighted by Crippen LogP contribution is 2.29. The van der Waals surface area contributed by atoms with Crippen LogP contribution in [-0.4, -0.2) is 35.1 Å². The summed E-state index contributed by atoms with van der Waals surface area (Å²) in [6.45, 7) is 9.80. The van der Waals surface area contributed by atoms with Crippen molar-refractivity contribution in [3.8, 4) is 0 Å². The lowest BCUT2D eigenvalue weighted by molar-refractivity contribution is 0.0338. The number of hydrogen-bond acceptors (Lipinski definition) is 7. The molecular formula is C30H30N4O2S. The first-order chi connectivity index (χ1) is 18.0. The van der Waals surface area contributed by atoms with Crippen LogP contribution in [0.4, 0.5) is 0 Å². The Hall–Kier alpha value is -3.81. The number of ether oxygens (including phenoxy) is 1. The summed E-state index contributed by atoms with van der Waals surface area (Å²) in [5.41, 5.74) is 6.49. The first-order valence-electron chi connectivity index (χ1n) is 12.5. The van der Waals surface area contributed by atoms with E-state index >= 15 is 0 Å². The highest BCUT2D eigenvalue weighted by molar-refractivity contribution is 7.11. The van der Waals surface area contributed by atoms with Crippen molar-refractivity contribution in [2.75, 3.05) is 13.1 Å². The van der Waals surface area contributed by atoms with E-state index in [0.29, 0.717) is 12.2 Å². The van der Waals surface area contributed by atoms with E-state index < -0.39 is 0 Å². The summed E-state index contributed by atoms with van der Waals surface area (Å²) < 4.78 is 5.58. The number of nitrogens with one attached hydrogen (secondary N) is 2. The van der Waals surface area contributed by atoms with Crippen LogP contribution in [-0.2, 0) is 4.74 Å². The fraction of sp³-hybridized carbons (Fsp3) is 0.233. The van der Waals surface area contributed by atoms with Gasteiger partial charge in [-0.15, -0.1) is 11.3 Å². The molecule has 2 aliphatic rings. The Balaban J connectivity index is 1.47. The van der Waals surface area contributed by atoms with E-state index in [-0.39, 0.29) is 12.1 Å². The molecule has 7 heteroatoms. The lowest BCUT2D eigenvalue weighted by Gasteiger charge is -2.18. The minimum Gasteiger partial charge on any atom is -0.456 e. The van der Waals surface area contributed by atoms with Gasteiger partial charge in [0.25, 0.3) is 0 Å². The van der Waals surface area contributed by atoms with Crippen molar-refractivity contribution in [1.29, 1.82) is 0 Å². The number of carbonyl (C=O) groups is 1. The molecule has 0 saturated carbocycles. The monoisotopic (exact) mass is 510 g/mol. The summed E-state index contributed by atoms with van der Waals surface area (Å²) in [7, 11) is 0. The van der Waals surface area contributed by atoms with Crippen molar-refractivity contribution in [3.63, 3.8) is 0 Å². The third-order valence-electron chi connectivity index (χ3n) is 6.48. The van der Waals surface area contributed by atoms with Gasteiger partial charge < -0.3 is 15.4 Å². The van der Waals surface area contributed by atoms with Crippen molar-refractivity contribution in [2.45, 2.75) is 32.8 Å². The van der Waals surface area contributed by atoms with Gasteiger partial charge in [0.15, 0.2) is 5.69 Å². The average molecular weight is 511 g/mol. The zero-order chi connectivity index (χ0) is 25.8. The van der Waals surface area contributed by atoms with Gasteiger partial charge in [0.2, 0.25) is 0 Å². The quantitative estimate of drug-likeness (QED) is 0.488. The van der Waals surface area contributed by atoms with Crippen LogP contribution >= 0.6 is 11.3 Å².